The Bertz CT molecular complexity index is 703. The van der Waals surface area contributed by atoms with E-state index in [4.69, 9.17) is 16.7 Å². The third kappa shape index (κ3) is 2.51. The van der Waals surface area contributed by atoms with Crippen LogP contribution < -0.4 is 0 Å². The van der Waals surface area contributed by atoms with Crippen LogP contribution in [0.2, 0.25) is 5.02 Å². The number of hydrogen-bond donors (Lipinski definition) is 0. The number of nitrogens with zero attached hydrogens (tertiary/aromatic N) is 2. The van der Waals surface area contributed by atoms with Crippen LogP contribution in [0, 0.1) is 5.92 Å². The van der Waals surface area contributed by atoms with Crippen molar-refractivity contribution in [2.24, 2.45) is 5.92 Å². The lowest BCUT2D eigenvalue weighted by molar-refractivity contribution is 0.0951. The summed E-state index contributed by atoms with van der Waals surface area (Å²) in [6, 6.07) is 7.63. The summed E-state index contributed by atoms with van der Waals surface area (Å²) < 4.78 is 1.91. The van der Waals surface area contributed by atoms with Crippen LogP contribution in [0.25, 0.3) is 5.69 Å². The van der Waals surface area contributed by atoms with Crippen LogP contribution in [0.3, 0.4) is 0 Å². The monoisotopic (exact) mass is 302 g/mol. The first-order valence-corrected chi connectivity index (χ1v) is 7.76. The fraction of sp³-hybridized carbons (Fsp3) is 0.412. The highest BCUT2D eigenvalue weighted by molar-refractivity contribution is 6.30. The number of ketones is 1. The highest BCUT2D eigenvalue weighted by Crippen LogP contribution is 2.33. The minimum Gasteiger partial charge on any atom is -0.294 e. The van der Waals surface area contributed by atoms with Crippen LogP contribution in [-0.2, 0) is 6.42 Å². The zero-order valence-corrected chi connectivity index (χ0v) is 13.3. The summed E-state index contributed by atoms with van der Waals surface area (Å²) in [4.78, 5) is 12.5. The Morgan fingerprint density at radius 1 is 1.33 bits per heavy atom. The van der Waals surface area contributed by atoms with E-state index < -0.39 is 0 Å². The molecule has 0 aliphatic heterocycles. The number of Topliss-reactive ketones (excluding diaryl/α,β-unsaturated/α-hetero) is 1. The van der Waals surface area contributed by atoms with E-state index in [1.165, 1.54) is 0 Å². The topological polar surface area (TPSA) is 34.9 Å². The Kier molecular flexibility index (Phi) is 3.62. The highest BCUT2D eigenvalue weighted by Gasteiger charge is 2.31. The third-order valence-electron chi connectivity index (χ3n) is 3.96. The Hall–Kier alpha value is -1.61. The van der Waals surface area contributed by atoms with Crippen LogP contribution in [0.4, 0.5) is 0 Å². The maximum atomic E-state index is 12.5. The van der Waals surface area contributed by atoms with Gasteiger partial charge in [0.05, 0.1) is 22.6 Å². The molecule has 0 bridgehead atoms. The van der Waals surface area contributed by atoms with Gasteiger partial charge in [-0.1, -0.05) is 38.4 Å². The quantitative estimate of drug-likeness (QED) is 0.823. The van der Waals surface area contributed by atoms with Gasteiger partial charge in [-0.25, -0.2) is 4.68 Å². The molecule has 0 N–H and O–H groups in total. The minimum absolute atomic E-state index is 0.223. The van der Waals surface area contributed by atoms with Crippen molar-refractivity contribution in [3.8, 4) is 5.69 Å². The molecule has 1 atom stereocenters. The third-order valence-corrected chi connectivity index (χ3v) is 4.20. The zero-order valence-electron chi connectivity index (χ0n) is 12.6. The molecule has 0 radical (unpaired) electrons. The lowest BCUT2D eigenvalue weighted by Crippen LogP contribution is -2.20. The fourth-order valence-electron chi connectivity index (χ4n) is 3.01. The van der Waals surface area contributed by atoms with Crippen molar-refractivity contribution in [1.29, 1.82) is 0 Å². The molecule has 0 saturated carbocycles. The number of benzene rings is 1. The minimum atomic E-state index is 0.223. The second-order valence-electron chi connectivity index (χ2n) is 6.19. The van der Waals surface area contributed by atoms with Crippen LogP contribution >= 0.6 is 11.6 Å². The molecule has 0 saturated heterocycles. The molecule has 1 aliphatic carbocycles. The summed E-state index contributed by atoms with van der Waals surface area (Å²) in [5.41, 5.74) is 3.70. The Morgan fingerprint density at radius 2 is 2.10 bits per heavy atom. The first-order chi connectivity index (χ1) is 9.97. The number of halogens is 1. The fourth-order valence-corrected chi connectivity index (χ4v) is 3.20. The first-order valence-electron chi connectivity index (χ1n) is 7.38. The van der Waals surface area contributed by atoms with Gasteiger partial charge in [0.1, 0.15) is 0 Å². The standard InChI is InChI=1S/C17H19ClN2O/c1-10(2)17-16-14(7-11(3)8-15(16)21)20(19-17)13-6-4-5-12(18)9-13/h4-6,9-11H,7-8H2,1-3H3. The molecule has 1 aromatic heterocycles. The van der Waals surface area contributed by atoms with Gasteiger partial charge in [0.15, 0.2) is 5.78 Å². The molecule has 1 aliphatic rings. The molecule has 1 heterocycles. The van der Waals surface area contributed by atoms with E-state index in [9.17, 15) is 4.79 Å². The van der Waals surface area contributed by atoms with Crippen LogP contribution in [0.5, 0.6) is 0 Å². The summed E-state index contributed by atoms with van der Waals surface area (Å²) in [6.07, 6.45) is 1.50. The average molecular weight is 303 g/mol. The molecule has 21 heavy (non-hydrogen) atoms. The Labute approximate surface area is 129 Å². The van der Waals surface area contributed by atoms with E-state index in [1.54, 1.807) is 0 Å². The molecule has 3 nitrogen and oxygen atoms in total. The van der Waals surface area contributed by atoms with E-state index >= 15 is 0 Å². The summed E-state index contributed by atoms with van der Waals surface area (Å²) in [5, 5.41) is 5.40. The summed E-state index contributed by atoms with van der Waals surface area (Å²) in [7, 11) is 0. The molecule has 3 rings (SSSR count). The van der Waals surface area contributed by atoms with Gasteiger partial charge >= 0.3 is 0 Å². The van der Waals surface area contributed by atoms with Gasteiger partial charge in [-0.3, -0.25) is 4.79 Å². The summed E-state index contributed by atoms with van der Waals surface area (Å²) >= 11 is 6.10. The van der Waals surface area contributed by atoms with Crippen molar-refractivity contribution in [2.75, 3.05) is 0 Å². The van der Waals surface area contributed by atoms with Crippen molar-refractivity contribution in [1.82, 2.24) is 9.78 Å². The van der Waals surface area contributed by atoms with E-state index in [0.29, 0.717) is 17.4 Å². The summed E-state index contributed by atoms with van der Waals surface area (Å²) in [5.74, 6) is 0.817. The molecule has 0 fully saturated rings. The number of rotatable bonds is 2. The van der Waals surface area contributed by atoms with Crippen LogP contribution in [0.15, 0.2) is 24.3 Å². The first kappa shape index (κ1) is 14.3. The second-order valence-corrected chi connectivity index (χ2v) is 6.63. The molecule has 0 spiro atoms. The van der Waals surface area contributed by atoms with Gasteiger partial charge in [-0.2, -0.15) is 5.10 Å². The zero-order chi connectivity index (χ0) is 15.1. The SMILES string of the molecule is CC1CC(=O)c2c(C(C)C)nn(-c3cccc(Cl)c3)c2C1. The van der Waals surface area contributed by atoms with Crippen molar-refractivity contribution >= 4 is 17.4 Å². The number of carbonyl (C=O) groups excluding carboxylic acids is 1. The van der Waals surface area contributed by atoms with Crippen LogP contribution in [0.1, 0.15) is 54.9 Å². The molecule has 1 unspecified atom stereocenters. The predicted octanol–water partition coefficient (Wildman–Crippen LogP) is 4.41. The van der Waals surface area contributed by atoms with Crippen molar-refractivity contribution in [2.45, 2.75) is 39.5 Å². The van der Waals surface area contributed by atoms with E-state index in [-0.39, 0.29) is 11.7 Å². The average Bonchev–Trinajstić information content (AvgIpc) is 2.78. The largest absolute Gasteiger partial charge is 0.294 e. The van der Waals surface area contributed by atoms with Crippen LogP contribution in [-0.4, -0.2) is 15.6 Å². The number of fused-ring (bicyclic) bond motifs is 1. The number of carbonyl (C=O) groups is 1. The van der Waals surface area contributed by atoms with Gasteiger partial charge in [0.2, 0.25) is 0 Å². The molecule has 110 valence electrons. The van der Waals surface area contributed by atoms with Crippen molar-refractivity contribution < 1.29 is 4.79 Å². The van der Waals surface area contributed by atoms with Crippen molar-refractivity contribution in [3.63, 3.8) is 0 Å². The predicted molar refractivity (Wildman–Crippen MR) is 84.5 cm³/mol. The Balaban J connectivity index is 2.22. The van der Waals surface area contributed by atoms with Gasteiger partial charge < -0.3 is 0 Å². The molecule has 4 heteroatoms. The molecule has 0 amide bonds. The lowest BCUT2D eigenvalue weighted by Gasteiger charge is -2.19. The van der Waals surface area contributed by atoms with Crippen molar-refractivity contribution in [3.05, 3.63) is 46.2 Å². The Morgan fingerprint density at radius 3 is 2.76 bits per heavy atom. The molecular formula is C17H19ClN2O. The number of aromatic nitrogens is 2. The number of hydrogen-bond acceptors (Lipinski definition) is 2. The summed E-state index contributed by atoms with van der Waals surface area (Å²) in [6.45, 7) is 6.28. The second kappa shape index (κ2) is 5.30. The van der Waals surface area contributed by atoms with E-state index in [0.717, 1.165) is 29.1 Å². The maximum absolute atomic E-state index is 12.5. The van der Waals surface area contributed by atoms with E-state index in [1.807, 2.05) is 28.9 Å². The molecule has 1 aromatic carbocycles. The maximum Gasteiger partial charge on any atom is 0.166 e. The van der Waals surface area contributed by atoms with Gasteiger partial charge in [0.25, 0.3) is 0 Å². The van der Waals surface area contributed by atoms with Gasteiger partial charge in [-0.05, 0) is 36.5 Å². The normalized spacial score (nSPS) is 18.1. The van der Waals surface area contributed by atoms with E-state index in [2.05, 4.69) is 20.8 Å². The van der Waals surface area contributed by atoms with Gasteiger partial charge in [0, 0.05) is 11.4 Å². The smallest absolute Gasteiger partial charge is 0.166 e. The highest BCUT2D eigenvalue weighted by atomic mass is 35.5. The molecule has 2 aromatic rings. The van der Waals surface area contributed by atoms with Gasteiger partial charge in [-0.15, -0.1) is 0 Å². The lowest BCUT2D eigenvalue weighted by atomic mass is 9.85. The molecular weight excluding hydrogens is 284 g/mol.